The van der Waals surface area contributed by atoms with Gasteiger partial charge in [-0.05, 0) is 30.5 Å². The molecule has 1 amide bonds. The first kappa shape index (κ1) is 17.8. The number of pyridine rings is 1. The summed E-state index contributed by atoms with van der Waals surface area (Å²) in [5.74, 6) is 1.02. The van der Waals surface area contributed by atoms with E-state index >= 15 is 0 Å². The summed E-state index contributed by atoms with van der Waals surface area (Å²) in [4.78, 5) is 16.6. The molecule has 3 aromatic rings. The smallest absolute Gasteiger partial charge is 0.231 e. The summed E-state index contributed by atoms with van der Waals surface area (Å²) >= 11 is 6.10. The first-order chi connectivity index (χ1) is 13.2. The van der Waals surface area contributed by atoms with E-state index in [0.717, 1.165) is 37.5 Å². The summed E-state index contributed by atoms with van der Waals surface area (Å²) in [5.41, 5.74) is 2.06. The summed E-state index contributed by atoms with van der Waals surface area (Å²) < 4.78 is 1.90. The van der Waals surface area contributed by atoms with Gasteiger partial charge >= 0.3 is 0 Å². The van der Waals surface area contributed by atoms with Crippen LogP contribution in [0.5, 0.6) is 0 Å². The van der Waals surface area contributed by atoms with E-state index in [1.807, 2.05) is 39.8 Å². The SMILES string of the molecule is O=C(CCCc1ccccc1)N1CCN(c2nnc3ccc(Cl)cn23)CC1. The number of piperazine rings is 1. The predicted molar refractivity (Wildman–Crippen MR) is 106 cm³/mol. The van der Waals surface area contributed by atoms with Crippen LogP contribution in [0.1, 0.15) is 18.4 Å². The Hall–Kier alpha value is -2.60. The van der Waals surface area contributed by atoms with E-state index in [-0.39, 0.29) is 5.91 Å². The Morgan fingerprint density at radius 2 is 1.78 bits per heavy atom. The van der Waals surface area contributed by atoms with Crippen molar-refractivity contribution in [2.75, 3.05) is 31.1 Å². The van der Waals surface area contributed by atoms with Gasteiger partial charge in [0.2, 0.25) is 11.9 Å². The topological polar surface area (TPSA) is 53.7 Å². The van der Waals surface area contributed by atoms with Crippen LogP contribution >= 0.6 is 11.6 Å². The fourth-order valence-electron chi connectivity index (χ4n) is 3.47. The Labute approximate surface area is 163 Å². The molecule has 4 rings (SSSR count). The van der Waals surface area contributed by atoms with Crippen LogP contribution in [0.25, 0.3) is 5.65 Å². The minimum atomic E-state index is 0.236. The molecule has 0 aliphatic carbocycles. The van der Waals surface area contributed by atoms with E-state index < -0.39 is 0 Å². The highest BCUT2D eigenvalue weighted by Gasteiger charge is 2.23. The minimum absolute atomic E-state index is 0.236. The summed E-state index contributed by atoms with van der Waals surface area (Å²) in [6.45, 7) is 2.91. The molecule has 0 bridgehead atoms. The average molecular weight is 384 g/mol. The third-order valence-corrected chi connectivity index (χ3v) is 5.19. The maximum Gasteiger partial charge on any atom is 0.231 e. The highest BCUT2D eigenvalue weighted by molar-refractivity contribution is 6.30. The monoisotopic (exact) mass is 383 g/mol. The number of hydrogen-bond acceptors (Lipinski definition) is 4. The second kappa shape index (κ2) is 7.96. The molecule has 1 aliphatic heterocycles. The van der Waals surface area contributed by atoms with Crippen LogP contribution in [0.2, 0.25) is 5.02 Å². The lowest BCUT2D eigenvalue weighted by molar-refractivity contribution is -0.131. The molecule has 0 N–H and O–H groups in total. The molecule has 6 nitrogen and oxygen atoms in total. The zero-order chi connectivity index (χ0) is 18.6. The van der Waals surface area contributed by atoms with Gasteiger partial charge in [0.15, 0.2) is 5.65 Å². The summed E-state index contributed by atoms with van der Waals surface area (Å²) in [5, 5.41) is 9.13. The highest BCUT2D eigenvalue weighted by atomic mass is 35.5. The van der Waals surface area contributed by atoms with Crippen LogP contribution in [-0.4, -0.2) is 51.6 Å². The van der Waals surface area contributed by atoms with Gasteiger partial charge in [0.25, 0.3) is 0 Å². The number of carbonyl (C=O) groups is 1. The molecule has 140 valence electrons. The molecule has 0 spiro atoms. The molecule has 7 heteroatoms. The molecule has 1 aromatic carbocycles. The second-order valence-electron chi connectivity index (χ2n) is 6.78. The van der Waals surface area contributed by atoms with Gasteiger partial charge in [-0.1, -0.05) is 41.9 Å². The number of halogens is 1. The maximum absolute atomic E-state index is 12.5. The number of carbonyl (C=O) groups excluding carboxylic acids is 1. The number of hydrogen-bond donors (Lipinski definition) is 0. The van der Waals surface area contributed by atoms with Crippen molar-refractivity contribution in [3.8, 4) is 0 Å². The summed E-state index contributed by atoms with van der Waals surface area (Å²) in [6.07, 6.45) is 4.25. The summed E-state index contributed by atoms with van der Waals surface area (Å²) in [7, 11) is 0. The molecular formula is C20H22ClN5O. The first-order valence-electron chi connectivity index (χ1n) is 9.28. The first-order valence-corrected chi connectivity index (χ1v) is 9.65. The van der Waals surface area contributed by atoms with Crippen LogP contribution in [0, 0.1) is 0 Å². The average Bonchev–Trinajstić information content (AvgIpc) is 3.12. The molecule has 1 aliphatic rings. The zero-order valence-electron chi connectivity index (χ0n) is 15.1. The lowest BCUT2D eigenvalue weighted by Gasteiger charge is -2.34. The van der Waals surface area contributed by atoms with E-state index in [4.69, 9.17) is 11.6 Å². The minimum Gasteiger partial charge on any atom is -0.339 e. The van der Waals surface area contributed by atoms with Crippen LogP contribution in [-0.2, 0) is 11.2 Å². The fourth-order valence-corrected chi connectivity index (χ4v) is 3.63. The molecule has 0 atom stereocenters. The molecular weight excluding hydrogens is 362 g/mol. The fraction of sp³-hybridized carbons (Fsp3) is 0.350. The van der Waals surface area contributed by atoms with E-state index in [1.165, 1.54) is 5.56 Å². The number of nitrogens with zero attached hydrogens (tertiary/aromatic N) is 5. The van der Waals surface area contributed by atoms with Crippen LogP contribution in [0.15, 0.2) is 48.7 Å². The Morgan fingerprint density at radius 1 is 1.00 bits per heavy atom. The van der Waals surface area contributed by atoms with Crippen molar-refractivity contribution in [2.45, 2.75) is 19.3 Å². The molecule has 27 heavy (non-hydrogen) atoms. The number of fused-ring (bicyclic) bond motifs is 1. The van der Waals surface area contributed by atoms with Gasteiger partial charge in [-0.2, -0.15) is 0 Å². The van der Waals surface area contributed by atoms with Crippen molar-refractivity contribution in [1.29, 1.82) is 0 Å². The van der Waals surface area contributed by atoms with Gasteiger partial charge in [0, 0.05) is 38.8 Å². The Bertz CT molecular complexity index is 919. The Morgan fingerprint density at radius 3 is 2.56 bits per heavy atom. The molecule has 0 unspecified atom stereocenters. The van der Waals surface area contributed by atoms with Crippen molar-refractivity contribution in [3.63, 3.8) is 0 Å². The Kier molecular flexibility index (Phi) is 5.25. The van der Waals surface area contributed by atoms with E-state index in [2.05, 4.69) is 27.2 Å². The number of aryl methyl sites for hydroxylation is 1. The van der Waals surface area contributed by atoms with Crippen LogP contribution in [0.4, 0.5) is 5.95 Å². The largest absolute Gasteiger partial charge is 0.339 e. The molecule has 1 fully saturated rings. The quantitative estimate of drug-likeness (QED) is 0.679. The van der Waals surface area contributed by atoms with Crippen molar-refractivity contribution in [2.24, 2.45) is 0 Å². The number of anilines is 1. The maximum atomic E-state index is 12.5. The number of aromatic nitrogens is 3. The number of amides is 1. The van der Waals surface area contributed by atoms with Crippen LogP contribution in [0.3, 0.4) is 0 Å². The number of benzene rings is 1. The van der Waals surface area contributed by atoms with Gasteiger partial charge < -0.3 is 9.80 Å². The molecule has 3 heterocycles. The van der Waals surface area contributed by atoms with Crippen molar-refractivity contribution in [3.05, 3.63) is 59.2 Å². The normalized spacial score (nSPS) is 14.7. The van der Waals surface area contributed by atoms with Gasteiger partial charge in [-0.25, -0.2) is 0 Å². The van der Waals surface area contributed by atoms with E-state index in [9.17, 15) is 4.79 Å². The van der Waals surface area contributed by atoms with Gasteiger partial charge in [0.1, 0.15) is 0 Å². The van der Waals surface area contributed by atoms with Crippen LogP contribution < -0.4 is 4.90 Å². The van der Waals surface area contributed by atoms with E-state index in [0.29, 0.717) is 24.5 Å². The molecule has 2 aromatic heterocycles. The lowest BCUT2D eigenvalue weighted by atomic mass is 10.1. The third kappa shape index (κ3) is 4.06. The van der Waals surface area contributed by atoms with Crippen molar-refractivity contribution in [1.82, 2.24) is 19.5 Å². The summed E-state index contributed by atoms with van der Waals surface area (Å²) in [6, 6.07) is 14.0. The highest BCUT2D eigenvalue weighted by Crippen LogP contribution is 2.19. The van der Waals surface area contributed by atoms with Gasteiger partial charge in [0.05, 0.1) is 5.02 Å². The van der Waals surface area contributed by atoms with Gasteiger partial charge in [-0.3, -0.25) is 9.20 Å². The predicted octanol–water partition coefficient (Wildman–Crippen LogP) is 3.05. The standard InChI is InChI=1S/C20H22ClN5O/c21-17-9-10-18-22-23-20(26(18)15-17)25-13-11-24(12-14-25)19(27)8-4-7-16-5-2-1-3-6-16/h1-3,5-6,9-10,15H,4,7-8,11-14H2. The zero-order valence-corrected chi connectivity index (χ0v) is 15.8. The van der Waals surface area contributed by atoms with E-state index in [1.54, 1.807) is 6.07 Å². The van der Waals surface area contributed by atoms with Crippen molar-refractivity contribution < 1.29 is 4.79 Å². The lowest BCUT2D eigenvalue weighted by Crippen LogP contribution is -2.49. The third-order valence-electron chi connectivity index (χ3n) is 4.96. The molecule has 0 radical (unpaired) electrons. The van der Waals surface area contributed by atoms with Crippen molar-refractivity contribution >= 4 is 29.1 Å². The van der Waals surface area contributed by atoms with Gasteiger partial charge in [-0.15, -0.1) is 10.2 Å². The Balaban J connectivity index is 1.30. The second-order valence-corrected chi connectivity index (χ2v) is 7.22. The molecule has 0 saturated carbocycles. The molecule has 1 saturated heterocycles. The number of rotatable bonds is 5.